The van der Waals surface area contributed by atoms with Crippen molar-refractivity contribution >= 4 is 11.6 Å². The zero-order valence-corrected chi connectivity index (χ0v) is 14.0. The lowest BCUT2D eigenvalue weighted by Gasteiger charge is -2.36. The number of rotatable bonds is 4. The summed E-state index contributed by atoms with van der Waals surface area (Å²) in [5, 5.41) is 0. The van der Waals surface area contributed by atoms with Crippen molar-refractivity contribution in [3.05, 3.63) is 35.8 Å². The van der Waals surface area contributed by atoms with Crippen LogP contribution in [-0.2, 0) is 0 Å². The Balaban J connectivity index is 1.68. The molecule has 1 aliphatic rings. The molecular weight excluding hydrogens is 290 g/mol. The maximum atomic E-state index is 5.49. The molecule has 2 aromatic heterocycles. The predicted octanol–water partition coefficient (Wildman–Crippen LogP) is 2.21. The van der Waals surface area contributed by atoms with Gasteiger partial charge >= 0.3 is 0 Å². The molecule has 23 heavy (non-hydrogen) atoms. The van der Waals surface area contributed by atoms with Crippen molar-refractivity contribution in [1.82, 2.24) is 15.0 Å². The Kier molecular flexibility index (Phi) is 4.60. The molecule has 3 rings (SSSR count). The van der Waals surface area contributed by atoms with Gasteiger partial charge in [-0.15, -0.1) is 0 Å². The van der Waals surface area contributed by atoms with E-state index in [0.717, 1.165) is 49.2 Å². The summed E-state index contributed by atoms with van der Waals surface area (Å²) in [6.45, 7) is 10.3. The third-order valence-electron chi connectivity index (χ3n) is 3.96. The highest BCUT2D eigenvalue weighted by Crippen LogP contribution is 2.21. The van der Waals surface area contributed by atoms with E-state index >= 15 is 0 Å². The van der Waals surface area contributed by atoms with Gasteiger partial charge in [-0.05, 0) is 26.8 Å². The molecule has 2 aromatic rings. The Hall–Kier alpha value is -2.37. The van der Waals surface area contributed by atoms with Gasteiger partial charge in [-0.2, -0.15) is 4.98 Å². The Morgan fingerprint density at radius 2 is 1.78 bits per heavy atom. The summed E-state index contributed by atoms with van der Waals surface area (Å²) in [7, 11) is 0. The molecule has 1 fully saturated rings. The molecule has 0 aromatic carbocycles. The van der Waals surface area contributed by atoms with E-state index in [2.05, 4.69) is 24.8 Å². The first-order chi connectivity index (χ1) is 11.2. The van der Waals surface area contributed by atoms with E-state index in [4.69, 9.17) is 4.74 Å². The van der Waals surface area contributed by atoms with Crippen LogP contribution in [0.4, 0.5) is 11.6 Å². The fourth-order valence-electron chi connectivity index (χ4n) is 2.78. The van der Waals surface area contributed by atoms with Gasteiger partial charge in [0.25, 0.3) is 0 Å². The van der Waals surface area contributed by atoms with E-state index in [9.17, 15) is 0 Å². The van der Waals surface area contributed by atoms with Crippen molar-refractivity contribution < 1.29 is 4.74 Å². The van der Waals surface area contributed by atoms with Crippen LogP contribution in [0.2, 0.25) is 0 Å². The minimum Gasteiger partial charge on any atom is -0.478 e. The number of anilines is 2. The van der Waals surface area contributed by atoms with Crippen molar-refractivity contribution in [3.63, 3.8) is 0 Å². The molecule has 0 bridgehead atoms. The van der Waals surface area contributed by atoms with Crippen LogP contribution in [0.1, 0.15) is 18.3 Å². The summed E-state index contributed by atoms with van der Waals surface area (Å²) in [6, 6.07) is 5.93. The van der Waals surface area contributed by atoms with Crippen molar-refractivity contribution in [2.45, 2.75) is 20.8 Å². The van der Waals surface area contributed by atoms with Gasteiger partial charge in [-0.25, -0.2) is 4.98 Å². The second-order valence-electron chi connectivity index (χ2n) is 5.66. The second kappa shape index (κ2) is 6.81. The average molecular weight is 313 g/mol. The molecule has 6 nitrogen and oxygen atoms in total. The quantitative estimate of drug-likeness (QED) is 0.862. The van der Waals surface area contributed by atoms with Gasteiger partial charge in [-0.1, -0.05) is 6.07 Å². The average Bonchev–Trinajstić information content (AvgIpc) is 2.58. The van der Waals surface area contributed by atoms with E-state index in [1.807, 2.05) is 45.2 Å². The second-order valence-corrected chi connectivity index (χ2v) is 5.66. The molecule has 1 aliphatic heterocycles. The molecule has 0 atom stereocenters. The third-order valence-corrected chi connectivity index (χ3v) is 3.96. The number of aryl methyl sites for hydroxylation is 2. The maximum absolute atomic E-state index is 5.49. The molecule has 0 radical (unpaired) electrons. The Bertz CT molecular complexity index is 668. The van der Waals surface area contributed by atoms with E-state index < -0.39 is 0 Å². The van der Waals surface area contributed by atoms with Crippen LogP contribution in [0.5, 0.6) is 5.88 Å². The summed E-state index contributed by atoms with van der Waals surface area (Å²) in [5.74, 6) is 2.66. The normalized spacial score (nSPS) is 14.9. The Labute approximate surface area is 137 Å². The van der Waals surface area contributed by atoms with Crippen molar-refractivity contribution in [2.75, 3.05) is 42.6 Å². The fraction of sp³-hybridized carbons (Fsp3) is 0.471. The standard InChI is InChI=1S/C17H23N5O/c1-4-23-16-7-5-6-15(20-16)21-8-10-22(11-9-21)17-14(3)18-12-13(2)19-17/h5-7,12H,4,8-11H2,1-3H3. The van der Waals surface area contributed by atoms with Crippen molar-refractivity contribution in [1.29, 1.82) is 0 Å². The molecule has 0 aliphatic carbocycles. The Morgan fingerprint density at radius 1 is 1.04 bits per heavy atom. The van der Waals surface area contributed by atoms with Gasteiger partial charge in [0.05, 0.1) is 18.0 Å². The Morgan fingerprint density at radius 3 is 2.52 bits per heavy atom. The highest BCUT2D eigenvalue weighted by Gasteiger charge is 2.21. The number of hydrogen-bond donors (Lipinski definition) is 0. The van der Waals surface area contributed by atoms with Gasteiger partial charge < -0.3 is 14.5 Å². The van der Waals surface area contributed by atoms with E-state index in [1.54, 1.807) is 0 Å². The molecule has 1 saturated heterocycles. The number of nitrogens with zero attached hydrogens (tertiary/aromatic N) is 5. The number of piperazine rings is 1. The molecule has 122 valence electrons. The van der Waals surface area contributed by atoms with Gasteiger partial charge in [0.2, 0.25) is 5.88 Å². The minimum atomic E-state index is 0.634. The lowest BCUT2D eigenvalue weighted by molar-refractivity contribution is 0.327. The summed E-state index contributed by atoms with van der Waals surface area (Å²) in [5.41, 5.74) is 1.94. The van der Waals surface area contributed by atoms with Gasteiger partial charge in [0, 0.05) is 38.4 Å². The molecule has 0 N–H and O–H groups in total. The van der Waals surface area contributed by atoms with Crippen LogP contribution in [0.3, 0.4) is 0 Å². The lowest BCUT2D eigenvalue weighted by atomic mass is 10.2. The topological polar surface area (TPSA) is 54.4 Å². The molecule has 0 unspecified atom stereocenters. The smallest absolute Gasteiger partial charge is 0.215 e. The maximum Gasteiger partial charge on any atom is 0.215 e. The SMILES string of the molecule is CCOc1cccc(N2CCN(c3nc(C)cnc3C)CC2)n1. The first-order valence-corrected chi connectivity index (χ1v) is 8.07. The first-order valence-electron chi connectivity index (χ1n) is 8.07. The number of ether oxygens (including phenoxy) is 1. The molecule has 6 heteroatoms. The van der Waals surface area contributed by atoms with Gasteiger partial charge in [0.1, 0.15) is 11.6 Å². The largest absolute Gasteiger partial charge is 0.478 e. The highest BCUT2D eigenvalue weighted by molar-refractivity contribution is 5.48. The van der Waals surface area contributed by atoms with E-state index in [-0.39, 0.29) is 0 Å². The molecule has 0 spiro atoms. The number of hydrogen-bond acceptors (Lipinski definition) is 6. The summed E-state index contributed by atoms with van der Waals surface area (Å²) >= 11 is 0. The van der Waals surface area contributed by atoms with E-state index in [1.165, 1.54) is 0 Å². The lowest BCUT2D eigenvalue weighted by Crippen LogP contribution is -2.47. The minimum absolute atomic E-state index is 0.634. The van der Waals surface area contributed by atoms with Crippen LogP contribution in [0, 0.1) is 13.8 Å². The molecule has 3 heterocycles. The number of aromatic nitrogens is 3. The highest BCUT2D eigenvalue weighted by atomic mass is 16.5. The van der Waals surface area contributed by atoms with Crippen LogP contribution in [-0.4, -0.2) is 47.7 Å². The third kappa shape index (κ3) is 3.52. The predicted molar refractivity (Wildman–Crippen MR) is 91.3 cm³/mol. The molecule has 0 saturated carbocycles. The van der Waals surface area contributed by atoms with Crippen LogP contribution >= 0.6 is 0 Å². The monoisotopic (exact) mass is 313 g/mol. The van der Waals surface area contributed by atoms with Crippen LogP contribution in [0.25, 0.3) is 0 Å². The van der Waals surface area contributed by atoms with Gasteiger partial charge in [-0.3, -0.25) is 4.98 Å². The van der Waals surface area contributed by atoms with Crippen molar-refractivity contribution in [3.8, 4) is 5.88 Å². The fourth-order valence-corrected chi connectivity index (χ4v) is 2.78. The molecule has 0 amide bonds. The van der Waals surface area contributed by atoms with E-state index in [0.29, 0.717) is 12.5 Å². The summed E-state index contributed by atoms with van der Waals surface area (Å²) in [4.78, 5) is 18.2. The van der Waals surface area contributed by atoms with Crippen LogP contribution < -0.4 is 14.5 Å². The van der Waals surface area contributed by atoms with Crippen molar-refractivity contribution in [2.24, 2.45) is 0 Å². The molecular formula is C17H23N5O. The van der Waals surface area contributed by atoms with Gasteiger partial charge in [0.15, 0.2) is 0 Å². The number of pyridine rings is 1. The summed E-state index contributed by atoms with van der Waals surface area (Å²) < 4.78 is 5.49. The summed E-state index contributed by atoms with van der Waals surface area (Å²) in [6.07, 6.45) is 1.82. The first kappa shape index (κ1) is 15.5. The zero-order chi connectivity index (χ0) is 16.2. The van der Waals surface area contributed by atoms with Crippen LogP contribution in [0.15, 0.2) is 24.4 Å². The zero-order valence-electron chi connectivity index (χ0n) is 14.0.